The van der Waals surface area contributed by atoms with Crippen LogP contribution in [0.4, 0.5) is 0 Å². The Bertz CT molecular complexity index is 1270. The van der Waals surface area contributed by atoms with Crippen molar-refractivity contribution in [1.82, 2.24) is 4.98 Å². The smallest absolute Gasteiger partial charge is 0.345 e. The van der Waals surface area contributed by atoms with E-state index in [1.165, 1.54) is 11.3 Å². The Kier molecular flexibility index (Phi) is 4.37. The second-order valence-electron chi connectivity index (χ2n) is 6.63. The highest BCUT2D eigenvalue weighted by molar-refractivity contribution is 7.12. The molecule has 0 aliphatic carbocycles. The highest BCUT2D eigenvalue weighted by atomic mass is 32.1. The molecule has 6 nitrogen and oxygen atoms in total. The van der Waals surface area contributed by atoms with Crippen LogP contribution in [0.2, 0.25) is 0 Å². The summed E-state index contributed by atoms with van der Waals surface area (Å²) in [5.74, 6) is 0.798. The van der Waals surface area contributed by atoms with Gasteiger partial charge in [0.2, 0.25) is 0 Å². The number of nitrogens with zero attached hydrogens (tertiary/aromatic N) is 2. The number of rotatable bonds is 4. The molecule has 1 unspecified atom stereocenters. The van der Waals surface area contributed by atoms with Crippen LogP contribution in [0.25, 0.3) is 22.2 Å². The maximum atomic E-state index is 12.4. The topological polar surface area (TPSA) is 73.9 Å². The number of aromatic nitrogens is 1. The van der Waals surface area contributed by atoms with Crippen LogP contribution in [-0.2, 0) is 4.84 Å². The van der Waals surface area contributed by atoms with Gasteiger partial charge in [-0.1, -0.05) is 35.5 Å². The van der Waals surface area contributed by atoms with Crippen LogP contribution in [0.15, 0.2) is 74.3 Å². The van der Waals surface area contributed by atoms with Crippen molar-refractivity contribution in [3.05, 3.63) is 81.0 Å². The molecule has 0 fully saturated rings. The van der Waals surface area contributed by atoms with Crippen molar-refractivity contribution in [3.63, 3.8) is 0 Å². The van der Waals surface area contributed by atoms with Gasteiger partial charge < -0.3 is 14.0 Å². The molecule has 1 aliphatic heterocycles. The van der Waals surface area contributed by atoms with Gasteiger partial charge >= 0.3 is 5.63 Å². The second-order valence-corrected chi connectivity index (χ2v) is 7.49. The molecule has 0 spiro atoms. The molecular formula is C22H16N2O4S. The van der Waals surface area contributed by atoms with E-state index in [9.17, 15) is 4.79 Å². The zero-order chi connectivity index (χ0) is 19.8. The van der Waals surface area contributed by atoms with Crippen LogP contribution in [-0.4, -0.2) is 17.8 Å². The lowest BCUT2D eigenvalue weighted by molar-refractivity contribution is 0.0857. The van der Waals surface area contributed by atoms with Gasteiger partial charge in [-0.05, 0) is 29.8 Å². The Hall–Kier alpha value is -3.45. The van der Waals surface area contributed by atoms with Crippen LogP contribution in [0.1, 0.15) is 23.1 Å². The number of hydrogen-bond donors (Lipinski definition) is 0. The Balaban J connectivity index is 1.39. The number of oxime groups is 1. The van der Waals surface area contributed by atoms with Crippen LogP contribution < -0.4 is 10.4 Å². The summed E-state index contributed by atoms with van der Waals surface area (Å²) in [7, 11) is 1.64. The minimum Gasteiger partial charge on any atom is -0.497 e. The lowest BCUT2D eigenvalue weighted by Crippen LogP contribution is -2.04. The third kappa shape index (κ3) is 3.30. The van der Waals surface area contributed by atoms with Crippen molar-refractivity contribution >= 4 is 28.0 Å². The molecule has 5 rings (SSSR count). The average molecular weight is 404 g/mol. The van der Waals surface area contributed by atoms with E-state index in [2.05, 4.69) is 10.1 Å². The van der Waals surface area contributed by atoms with Crippen molar-refractivity contribution in [2.24, 2.45) is 5.16 Å². The zero-order valence-corrected chi connectivity index (χ0v) is 16.3. The lowest BCUT2D eigenvalue weighted by atomic mass is 10.0. The molecule has 7 heteroatoms. The van der Waals surface area contributed by atoms with Gasteiger partial charge in [0.15, 0.2) is 6.10 Å². The Labute approximate surface area is 170 Å². The molecule has 1 aliphatic rings. The summed E-state index contributed by atoms with van der Waals surface area (Å²) in [4.78, 5) is 22.6. The first kappa shape index (κ1) is 17.6. The quantitative estimate of drug-likeness (QED) is 0.457. The molecule has 0 saturated carbocycles. The van der Waals surface area contributed by atoms with Gasteiger partial charge in [0, 0.05) is 17.2 Å². The van der Waals surface area contributed by atoms with Gasteiger partial charge in [0.1, 0.15) is 22.1 Å². The fourth-order valence-electron chi connectivity index (χ4n) is 3.27. The SMILES string of the molecule is COc1ccc(C2CC(c3nc(-c4cc5ccccc5oc4=O)cs3)=NO2)cc1. The number of methoxy groups -OCH3 is 1. The zero-order valence-electron chi connectivity index (χ0n) is 15.5. The van der Waals surface area contributed by atoms with Crippen LogP contribution >= 0.6 is 11.3 Å². The summed E-state index contributed by atoms with van der Waals surface area (Å²) < 4.78 is 10.6. The molecule has 0 bridgehead atoms. The van der Waals surface area contributed by atoms with E-state index in [-0.39, 0.29) is 6.10 Å². The van der Waals surface area contributed by atoms with E-state index < -0.39 is 5.63 Å². The maximum absolute atomic E-state index is 12.4. The van der Waals surface area contributed by atoms with Gasteiger partial charge in [-0.25, -0.2) is 9.78 Å². The molecule has 4 aromatic rings. The number of thiazole rings is 1. The Morgan fingerprint density at radius 2 is 1.97 bits per heavy atom. The molecule has 29 heavy (non-hydrogen) atoms. The summed E-state index contributed by atoms with van der Waals surface area (Å²) in [6.07, 6.45) is 0.458. The third-order valence-corrected chi connectivity index (χ3v) is 5.72. The van der Waals surface area contributed by atoms with E-state index >= 15 is 0 Å². The number of para-hydroxylation sites is 1. The predicted octanol–water partition coefficient (Wildman–Crippen LogP) is 4.79. The van der Waals surface area contributed by atoms with E-state index in [1.807, 2.05) is 53.9 Å². The third-order valence-electron chi connectivity index (χ3n) is 4.82. The first-order valence-electron chi connectivity index (χ1n) is 9.07. The summed E-state index contributed by atoms with van der Waals surface area (Å²) in [6, 6.07) is 17.0. The number of fused-ring (bicyclic) bond motifs is 1. The summed E-state index contributed by atoms with van der Waals surface area (Å²) in [6.45, 7) is 0. The van der Waals surface area contributed by atoms with Gasteiger partial charge in [0.25, 0.3) is 0 Å². The van der Waals surface area contributed by atoms with Crippen LogP contribution in [0.3, 0.4) is 0 Å². The number of ether oxygens (including phenoxy) is 1. The van der Waals surface area contributed by atoms with Crippen molar-refractivity contribution in [2.45, 2.75) is 12.5 Å². The van der Waals surface area contributed by atoms with Crippen LogP contribution in [0.5, 0.6) is 5.75 Å². The van der Waals surface area contributed by atoms with E-state index in [4.69, 9.17) is 14.0 Å². The molecule has 0 saturated heterocycles. The highest BCUT2D eigenvalue weighted by Gasteiger charge is 2.26. The minimum absolute atomic E-state index is 0.158. The molecule has 0 radical (unpaired) electrons. The fraction of sp³-hybridized carbons (Fsp3) is 0.136. The monoisotopic (exact) mass is 404 g/mol. The van der Waals surface area contributed by atoms with Crippen LogP contribution in [0, 0.1) is 0 Å². The Morgan fingerprint density at radius 1 is 1.14 bits per heavy atom. The van der Waals surface area contributed by atoms with E-state index in [0.29, 0.717) is 23.3 Å². The molecule has 3 heterocycles. The first-order chi connectivity index (χ1) is 14.2. The Morgan fingerprint density at radius 3 is 2.79 bits per heavy atom. The van der Waals surface area contributed by atoms with Crippen molar-refractivity contribution in [3.8, 4) is 17.0 Å². The lowest BCUT2D eigenvalue weighted by Gasteiger charge is -2.08. The molecule has 0 N–H and O–H groups in total. The number of hydrogen-bond acceptors (Lipinski definition) is 7. The molecule has 1 atom stereocenters. The first-order valence-corrected chi connectivity index (χ1v) is 9.95. The van der Waals surface area contributed by atoms with Crippen molar-refractivity contribution in [1.29, 1.82) is 0 Å². The summed E-state index contributed by atoms with van der Waals surface area (Å²) in [5, 5.41) is 7.66. The van der Waals surface area contributed by atoms with Gasteiger partial charge in [0.05, 0.1) is 18.4 Å². The molecular weight excluding hydrogens is 388 g/mol. The van der Waals surface area contributed by atoms with E-state index in [0.717, 1.165) is 27.4 Å². The van der Waals surface area contributed by atoms with E-state index in [1.54, 1.807) is 13.2 Å². The normalized spacial score (nSPS) is 15.9. The van der Waals surface area contributed by atoms with Gasteiger partial charge in [-0.2, -0.15) is 0 Å². The largest absolute Gasteiger partial charge is 0.497 e. The minimum atomic E-state index is -0.402. The highest BCUT2D eigenvalue weighted by Crippen LogP contribution is 2.32. The average Bonchev–Trinajstić information content (AvgIpc) is 3.43. The van der Waals surface area contributed by atoms with Gasteiger partial charge in [-0.3, -0.25) is 0 Å². The van der Waals surface area contributed by atoms with Gasteiger partial charge in [-0.15, -0.1) is 11.3 Å². The van der Waals surface area contributed by atoms with Crippen molar-refractivity contribution < 1.29 is 14.0 Å². The summed E-state index contributed by atoms with van der Waals surface area (Å²) >= 11 is 1.44. The number of benzene rings is 2. The fourth-order valence-corrected chi connectivity index (χ4v) is 4.08. The molecule has 2 aromatic carbocycles. The second kappa shape index (κ2) is 7.18. The molecule has 2 aromatic heterocycles. The van der Waals surface area contributed by atoms with Crippen molar-refractivity contribution in [2.75, 3.05) is 7.11 Å². The molecule has 0 amide bonds. The summed E-state index contributed by atoms with van der Waals surface area (Å²) in [5.41, 5.74) is 2.98. The predicted molar refractivity (Wildman–Crippen MR) is 112 cm³/mol. The molecule has 144 valence electrons. The maximum Gasteiger partial charge on any atom is 0.345 e. The standard InChI is InChI=1S/C22H16N2O4S/c1-26-15-8-6-13(7-9-15)20-11-17(24-28-20)21-23-18(12-29-21)16-10-14-4-2-3-5-19(14)27-22(16)25/h2-10,12,20H,11H2,1H3.